The molecule has 24 heavy (non-hydrogen) atoms. The van der Waals surface area contributed by atoms with Gasteiger partial charge in [-0.05, 0) is 47.4 Å². The first-order valence-corrected chi connectivity index (χ1v) is 7.93. The van der Waals surface area contributed by atoms with Gasteiger partial charge in [-0.3, -0.25) is 4.79 Å². The van der Waals surface area contributed by atoms with Crippen LogP contribution in [-0.4, -0.2) is 19.8 Å². The average molecular weight is 327 g/mol. The summed E-state index contributed by atoms with van der Waals surface area (Å²) in [4.78, 5) is 12.4. The van der Waals surface area contributed by atoms with E-state index in [4.69, 9.17) is 14.2 Å². The SMILES string of the molecule is COc1ccc(C(=O)NCc2ccc3c(c2)OCO3)cc1C(C)C. The minimum absolute atomic E-state index is 0.114. The van der Waals surface area contributed by atoms with Gasteiger partial charge in [0.2, 0.25) is 6.79 Å². The smallest absolute Gasteiger partial charge is 0.251 e. The molecule has 0 saturated carbocycles. The van der Waals surface area contributed by atoms with Gasteiger partial charge in [-0.25, -0.2) is 0 Å². The second-order valence-corrected chi connectivity index (χ2v) is 5.98. The summed E-state index contributed by atoms with van der Waals surface area (Å²) in [7, 11) is 1.64. The van der Waals surface area contributed by atoms with Crippen LogP contribution in [0.25, 0.3) is 0 Å². The van der Waals surface area contributed by atoms with Crippen LogP contribution in [0.15, 0.2) is 36.4 Å². The number of carbonyl (C=O) groups excluding carboxylic acids is 1. The van der Waals surface area contributed by atoms with Crippen LogP contribution in [0.5, 0.6) is 17.2 Å². The van der Waals surface area contributed by atoms with Gasteiger partial charge < -0.3 is 19.5 Å². The van der Waals surface area contributed by atoms with Crippen molar-refractivity contribution in [1.29, 1.82) is 0 Å². The second kappa shape index (κ2) is 6.83. The van der Waals surface area contributed by atoms with Gasteiger partial charge in [0.15, 0.2) is 11.5 Å². The number of fused-ring (bicyclic) bond motifs is 1. The molecule has 1 aliphatic heterocycles. The Morgan fingerprint density at radius 2 is 1.96 bits per heavy atom. The molecule has 0 saturated heterocycles. The van der Waals surface area contributed by atoms with Gasteiger partial charge in [-0.1, -0.05) is 19.9 Å². The average Bonchev–Trinajstić information content (AvgIpc) is 3.06. The Hall–Kier alpha value is -2.69. The van der Waals surface area contributed by atoms with Crippen LogP contribution in [0.1, 0.15) is 41.3 Å². The Balaban J connectivity index is 1.70. The maximum Gasteiger partial charge on any atom is 0.251 e. The minimum Gasteiger partial charge on any atom is -0.496 e. The van der Waals surface area contributed by atoms with Crippen molar-refractivity contribution in [2.75, 3.05) is 13.9 Å². The van der Waals surface area contributed by atoms with Crippen molar-refractivity contribution in [1.82, 2.24) is 5.32 Å². The lowest BCUT2D eigenvalue weighted by Gasteiger charge is -2.13. The normalized spacial score (nSPS) is 12.3. The third-order valence-corrected chi connectivity index (χ3v) is 4.00. The van der Waals surface area contributed by atoms with E-state index >= 15 is 0 Å². The lowest BCUT2D eigenvalue weighted by atomic mass is 9.99. The van der Waals surface area contributed by atoms with E-state index in [1.807, 2.05) is 30.3 Å². The summed E-state index contributed by atoms with van der Waals surface area (Å²) in [5.41, 5.74) is 2.61. The molecule has 5 nitrogen and oxygen atoms in total. The van der Waals surface area contributed by atoms with Crippen LogP contribution in [0, 0.1) is 0 Å². The molecule has 0 atom stereocenters. The van der Waals surface area contributed by atoms with Gasteiger partial charge in [0.05, 0.1) is 7.11 Å². The zero-order valence-electron chi connectivity index (χ0n) is 14.1. The van der Waals surface area contributed by atoms with E-state index in [1.165, 1.54) is 0 Å². The first-order chi connectivity index (χ1) is 11.6. The van der Waals surface area contributed by atoms with Crippen LogP contribution in [0.3, 0.4) is 0 Å². The quantitative estimate of drug-likeness (QED) is 0.913. The lowest BCUT2D eigenvalue weighted by molar-refractivity contribution is 0.0950. The molecule has 2 aromatic rings. The third kappa shape index (κ3) is 3.30. The summed E-state index contributed by atoms with van der Waals surface area (Å²) < 4.78 is 16.0. The predicted octanol–water partition coefficient (Wildman–Crippen LogP) is 3.48. The zero-order valence-corrected chi connectivity index (χ0v) is 14.1. The molecule has 0 aromatic heterocycles. The molecule has 2 aromatic carbocycles. The number of rotatable bonds is 5. The summed E-state index contributed by atoms with van der Waals surface area (Å²) >= 11 is 0. The number of methoxy groups -OCH3 is 1. The number of hydrogen-bond donors (Lipinski definition) is 1. The molecule has 1 N–H and O–H groups in total. The Bertz CT molecular complexity index is 755. The molecule has 1 aliphatic rings. The van der Waals surface area contributed by atoms with Crippen molar-refractivity contribution in [3.05, 3.63) is 53.1 Å². The van der Waals surface area contributed by atoms with Gasteiger partial charge in [0, 0.05) is 12.1 Å². The second-order valence-electron chi connectivity index (χ2n) is 5.98. The Morgan fingerprint density at radius 3 is 2.71 bits per heavy atom. The highest BCUT2D eigenvalue weighted by Gasteiger charge is 2.15. The molecule has 0 spiro atoms. The lowest BCUT2D eigenvalue weighted by Crippen LogP contribution is -2.23. The number of nitrogens with one attached hydrogen (secondary N) is 1. The van der Waals surface area contributed by atoms with Crippen molar-refractivity contribution < 1.29 is 19.0 Å². The van der Waals surface area contributed by atoms with Crippen molar-refractivity contribution in [3.8, 4) is 17.2 Å². The highest BCUT2D eigenvalue weighted by molar-refractivity contribution is 5.94. The molecular weight excluding hydrogens is 306 g/mol. The van der Waals surface area contributed by atoms with E-state index in [-0.39, 0.29) is 18.6 Å². The number of benzene rings is 2. The first-order valence-electron chi connectivity index (χ1n) is 7.93. The standard InChI is InChI=1S/C19H21NO4/c1-12(2)15-9-14(5-7-16(15)22-3)19(21)20-10-13-4-6-17-18(8-13)24-11-23-17/h4-9,12H,10-11H2,1-3H3,(H,20,21). The van der Waals surface area contributed by atoms with Gasteiger partial charge in [0.1, 0.15) is 5.75 Å². The molecule has 0 bridgehead atoms. The zero-order chi connectivity index (χ0) is 17.1. The molecule has 126 valence electrons. The monoisotopic (exact) mass is 327 g/mol. The van der Waals surface area contributed by atoms with Gasteiger partial charge in [-0.2, -0.15) is 0 Å². The van der Waals surface area contributed by atoms with E-state index in [0.29, 0.717) is 17.9 Å². The summed E-state index contributed by atoms with van der Waals surface area (Å²) in [6.45, 7) is 4.83. The van der Waals surface area contributed by atoms with Crippen molar-refractivity contribution >= 4 is 5.91 Å². The largest absolute Gasteiger partial charge is 0.496 e. The molecular formula is C19H21NO4. The predicted molar refractivity (Wildman–Crippen MR) is 90.8 cm³/mol. The van der Waals surface area contributed by atoms with Gasteiger partial charge >= 0.3 is 0 Å². The fourth-order valence-corrected chi connectivity index (χ4v) is 2.66. The maximum absolute atomic E-state index is 12.4. The summed E-state index contributed by atoms with van der Waals surface area (Å²) in [6.07, 6.45) is 0. The first kappa shape index (κ1) is 16.2. The van der Waals surface area contributed by atoms with Crippen LogP contribution >= 0.6 is 0 Å². The van der Waals surface area contributed by atoms with Gasteiger partial charge in [0.25, 0.3) is 5.91 Å². The molecule has 1 amide bonds. The molecule has 0 unspecified atom stereocenters. The molecule has 0 aliphatic carbocycles. The van der Waals surface area contributed by atoms with E-state index in [2.05, 4.69) is 19.2 Å². The topological polar surface area (TPSA) is 56.8 Å². The van der Waals surface area contributed by atoms with Crippen molar-refractivity contribution in [3.63, 3.8) is 0 Å². The number of ether oxygens (including phenoxy) is 3. The van der Waals surface area contributed by atoms with Crippen LogP contribution in [-0.2, 0) is 6.54 Å². The Morgan fingerprint density at radius 1 is 1.17 bits per heavy atom. The highest BCUT2D eigenvalue weighted by Crippen LogP contribution is 2.32. The Kier molecular flexibility index (Phi) is 4.60. The fraction of sp³-hybridized carbons (Fsp3) is 0.316. The van der Waals surface area contributed by atoms with Crippen LogP contribution < -0.4 is 19.5 Å². The molecule has 3 rings (SSSR count). The molecule has 5 heteroatoms. The van der Waals surface area contributed by atoms with E-state index in [9.17, 15) is 4.79 Å². The van der Waals surface area contributed by atoms with E-state index in [0.717, 1.165) is 22.6 Å². The van der Waals surface area contributed by atoms with E-state index < -0.39 is 0 Å². The van der Waals surface area contributed by atoms with Gasteiger partial charge in [-0.15, -0.1) is 0 Å². The molecule has 0 fully saturated rings. The summed E-state index contributed by atoms with van der Waals surface area (Å²) in [5.74, 6) is 2.42. The highest BCUT2D eigenvalue weighted by atomic mass is 16.7. The number of hydrogen-bond acceptors (Lipinski definition) is 4. The van der Waals surface area contributed by atoms with Crippen LogP contribution in [0.2, 0.25) is 0 Å². The van der Waals surface area contributed by atoms with Crippen LogP contribution in [0.4, 0.5) is 0 Å². The summed E-state index contributed by atoms with van der Waals surface area (Å²) in [6, 6.07) is 11.2. The van der Waals surface area contributed by atoms with E-state index in [1.54, 1.807) is 13.2 Å². The van der Waals surface area contributed by atoms with Crippen molar-refractivity contribution in [2.45, 2.75) is 26.3 Å². The third-order valence-electron chi connectivity index (χ3n) is 4.00. The fourth-order valence-electron chi connectivity index (χ4n) is 2.66. The summed E-state index contributed by atoms with van der Waals surface area (Å²) in [5, 5.41) is 2.93. The maximum atomic E-state index is 12.4. The minimum atomic E-state index is -0.114. The Labute approximate surface area is 141 Å². The molecule has 1 heterocycles. The number of amides is 1. The molecule has 0 radical (unpaired) electrons. The number of carbonyl (C=O) groups is 1. The van der Waals surface area contributed by atoms with Crippen molar-refractivity contribution in [2.24, 2.45) is 0 Å².